The molecule has 1 aromatic heterocycles. The summed E-state index contributed by atoms with van der Waals surface area (Å²) < 4.78 is 39.5. The van der Waals surface area contributed by atoms with Crippen LogP contribution in [0.4, 0.5) is 19.0 Å². The molecule has 0 amide bonds. The highest BCUT2D eigenvalue weighted by Crippen LogP contribution is 2.37. The van der Waals surface area contributed by atoms with E-state index in [0.29, 0.717) is 24.1 Å². The number of nitrogens with zero attached hydrogens (tertiary/aromatic N) is 2. The van der Waals surface area contributed by atoms with Gasteiger partial charge in [0.05, 0.1) is 5.56 Å². The van der Waals surface area contributed by atoms with E-state index in [9.17, 15) is 13.2 Å². The minimum absolute atomic E-state index is 0.00819. The maximum atomic E-state index is 13.1. The van der Waals surface area contributed by atoms with E-state index in [4.69, 9.17) is 5.73 Å². The Morgan fingerprint density at radius 2 is 2.21 bits per heavy atom. The Labute approximate surface area is 118 Å². The number of rotatable bonds is 2. The number of anilines is 1. The Bertz CT molecular complexity index is 450. The molecular weight excluding hydrogens is 323 g/mol. The van der Waals surface area contributed by atoms with Gasteiger partial charge in [-0.05, 0) is 47.3 Å². The molecule has 0 saturated carbocycles. The fraction of sp³-hybridized carbons (Fsp3) is 0.583. The summed E-state index contributed by atoms with van der Waals surface area (Å²) in [6, 6.07) is 1.08. The molecule has 1 unspecified atom stereocenters. The maximum Gasteiger partial charge on any atom is 0.419 e. The van der Waals surface area contributed by atoms with Gasteiger partial charge in [-0.25, -0.2) is 4.98 Å². The fourth-order valence-electron chi connectivity index (χ4n) is 2.34. The summed E-state index contributed by atoms with van der Waals surface area (Å²) in [6.07, 6.45) is -1.19. The molecule has 7 heteroatoms. The van der Waals surface area contributed by atoms with Crippen LogP contribution in [0.5, 0.6) is 0 Å². The van der Waals surface area contributed by atoms with Crippen LogP contribution in [0.1, 0.15) is 18.4 Å². The number of hydrogen-bond acceptors (Lipinski definition) is 3. The lowest BCUT2D eigenvalue weighted by molar-refractivity contribution is -0.137. The molecular formula is C12H15BrF3N3. The molecule has 1 aliphatic rings. The van der Waals surface area contributed by atoms with Crippen molar-refractivity contribution < 1.29 is 13.2 Å². The second-order valence-electron chi connectivity index (χ2n) is 4.71. The van der Waals surface area contributed by atoms with Gasteiger partial charge in [0.2, 0.25) is 0 Å². The van der Waals surface area contributed by atoms with E-state index < -0.39 is 11.7 Å². The van der Waals surface area contributed by atoms with Crippen molar-refractivity contribution in [3.63, 3.8) is 0 Å². The molecule has 2 heterocycles. The van der Waals surface area contributed by atoms with Crippen LogP contribution >= 0.6 is 15.9 Å². The lowest BCUT2D eigenvalue weighted by Crippen LogP contribution is -2.39. The first-order valence-corrected chi connectivity index (χ1v) is 6.89. The molecule has 19 heavy (non-hydrogen) atoms. The van der Waals surface area contributed by atoms with Gasteiger partial charge in [0.25, 0.3) is 0 Å². The number of nitrogens with two attached hydrogens (primary N) is 1. The standard InChI is InChI=1S/C12H15BrF3N3/c13-9-4-10(12(14,15)16)11(18-6-9)19-3-1-2-8(5-17)7-19/h4,6,8H,1-3,5,7,17H2. The molecule has 1 saturated heterocycles. The van der Waals surface area contributed by atoms with Crippen LogP contribution < -0.4 is 10.6 Å². The highest BCUT2D eigenvalue weighted by atomic mass is 79.9. The Morgan fingerprint density at radius 3 is 2.84 bits per heavy atom. The van der Waals surface area contributed by atoms with Crippen molar-refractivity contribution in [2.45, 2.75) is 19.0 Å². The third-order valence-electron chi connectivity index (χ3n) is 3.29. The largest absolute Gasteiger partial charge is 0.419 e. The number of pyridine rings is 1. The molecule has 3 nitrogen and oxygen atoms in total. The summed E-state index contributed by atoms with van der Waals surface area (Å²) in [6.45, 7) is 1.62. The van der Waals surface area contributed by atoms with E-state index in [1.54, 1.807) is 4.90 Å². The van der Waals surface area contributed by atoms with Gasteiger partial charge in [0.15, 0.2) is 0 Å². The van der Waals surface area contributed by atoms with Crippen LogP contribution in [0.2, 0.25) is 0 Å². The average molecular weight is 338 g/mol. The molecule has 1 atom stereocenters. The minimum Gasteiger partial charge on any atom is -0.356 e. The molecule has 0 aromatic carbocycles. The topological polar surface area (TPSA) is 42.1 Å². The zero-order valence-corrected chi connectivity index (χ0v) is 11.8. The molecule has 0 aliphatic carbocycles. The van der Waals surface area contributed by atoms with Crippen molar-refractivity contribution in [1.29, 1.82) is 0 Å². The van der Waals surface area contributed by atoms with Crippen LogP contribution in [-0.2, 0) is 6.18 Å². The Morgan fingerprint density at radius 1 is 1.47 bits per heavy atom. The van der Waals surface area contributed by atoms with Gasteiger partial charge in [-0.3, -0.25) is 0 Å². The Hall–Kier alpha value is -0.820. The summed E-state index contributed by atoms with van der Waals surface area (Å²) in [5, 5.41) is 0. The molecule has 106 valence electrons. The monoisotopic (exact) mass is 337 g/mol. The van der Waals surface area contributed by atoms with Crippen molar-refractivity contribution in [3.8, 4) is 0 Å². The Balaban J connectivity index is 2.33. The normalized spacial score (nSPS) is 20.7. The zero-order valence-electron chi connectivity index (χ0n) is 10.3. The van der Waals surface area contributed by atoms with Crippen molar-refractivity contribution >= 4 is 21.7 Å². The first-order chi connectivity index (χ1) is 8.91. The van der Waals surface area contributed by atoms with Gasteiger partial charge in [-0.1, -0.05) is 0 Å². The van der Waals surface area contributed by atoms with E-state index in [1.165, 1.54) is 6.20 Å². The van der Waals surface area contributed by atoms with Crippen molar-refractivity contribution in [1.82, 2.24) is 4.98 Å². The van der Waals surface area contributed by atoms with Gasteiger partial charge in [0, 0.05) is 23.8 Å². The molecule has 0 bridgehead atoms. The number of halogens is 4. The predicted molar refractivity (Wildman–Crippen MR) is 70.9 cm³/mol. The first kappa shape index (κ1) is 14.6. The van der Waals surface area contributed by atoms with Gasteiger partial charge < -0.3 is 10.6 Å². The van der Waals surface area contributed by atoms with Gasteiger partial charge >= 0.3 is 6.18 Å². The van der Waals surface area contributed by atoms with E-state index in [2.05, 4.69) is 20.9 Å². The first-order valence-electron chi connectivity index (χ1n) is 6.09. The lowest BCUT2D eigenvalue weighted by Gasteiger charge is -2.34. The predicted octanol–water partition coefficient (Wildman–Crippen LogP) is 3.04. The van der Waals surface area contributed by atoms with Gasteiger partial charge in [0.1, 0.15) is 5.82 Å². The summed E-state index contributed by atoms with van der Waals surface area (Å²) in [4.78, 5) is 5.65. The molecule has 0 radical (unpaired) electrons. The molecule has 1 fully saturated rings. The molecule has 2 N–H and O–H groups in total. The third-order valence-corrected chi connectivity index (χ3v) is 3.72. The van der Waals surface area contributed by atoms with E-state index >= 15 is 0 Å². The number of hydrogen-bond donors (Lipinski definition) is 1. The molecule has 1 aliphatic heterocycles. The number of alkyl halides is 3. The number of aromatic nitrogens is 1. The average Bonchev–Trinajstić information content (AvgIpc) is 2.37. The van der Waals surface area contributed by atoms with Crippen LogP contribution in [0, 0.1) is 5.92 Å². The van der Waals surface area contributed by atoms with Crippen molar-refractivity contribution in [2.75, 3.05) is 24.5 Å². The summed E-state index contributed by atoms with van der Waals surface area (Å²) >= 11 is 3.04. The van der Waals surface area contributed by atoms with Crippen LogP contribution in [0.25, 0.3) is 0 Å². The third kappa shape index (κ3) is 3.39. The zero-order chi connectivity index (χ0) is 14.0. The minimum atomic E-state index is -4.40. The van der Waals surface area contributed by atoms with Gasteiger partial charge in [-0.2, -0.15) is 13.2 Å². The SMILES string of the molecule is NCC1CCCN(c2ncc(Br)cc2C(F)(F)F)C1. The van der Waals surface area contributed by atoms with Crippen LogP contribution in [-0.4, -0.2) is 24.6 Å². The van der Waals surface area contributed by atoms with E-state index in [1.807, 2.05) is 0 Å². The van der Waals surface area contributed by atoms with Crippen molar-refractivity contribution in [2.24, 2.45) is 11.7 Å². The highest BCUT2D eigenvalue weighted by Gasteiger charge is 2.37. The second-order valence-corrected chi connectivity index (χ2v) is 5.63. The maximum absolute atomic E-state index is 13.1. The van der Waals surface area contributed by atoms with Crippen LogP contribution in [0.15, 0.2) is 16.7 Å². The molecule has 0 spiro atoms. The highest BCUT2D eigenvalue weighted by molar-refractivity contribution is 9.10. The smallest absolute Gasteiger partial charge is 0.356 e. The summed E-state index contributed by atoms with van der Waals surface area (Å²) in [5.41, 5.74) is 4.92. The van der Waals surface area contributed by atoms with Crippen molar-refractivity contribution in [3.05, 3.63) is 22.3 Å². The second kappa shape index (κ2) is 5.66. The van der Waals surface area contributed by atoms with E-state index in [0.717, 1.165) is 18.9 Å². The summed E-state index contributed by atoms with van der Waals surface area (Å²) in [7, 11) is 0. The van der Waals surface area contributed by atoms with E-state index in [-0.39, 0.29) is 11.7 Å². The quantitative estimate of drug-likeness (QED) is 0.901. The Kier molecular flexibility index (Phi) is 4.35. The number of piperidine rings is 1. The molecule has 1 aromatic rings. The molecule has 2 rings (SSSR count). The fourth-order valence-corrected chi connectivity index (χ4v) is 2.67. The van der Waals surface area contributed by atoms with Gasteiger partial charge in [-0.15, -0.1) is 0 Å². The van der Waals surface area contributed by atoms with Crippen LogP contribution in [0.3, 0.4) is 0 Å². The summed E-state index contributed by atoms with van der Waals surface area (Å²) in [5.74, 6) is 0.245. The lowest BCUT2D eigenvalue weighted by atomic mass is 9.98.